The lowest BCUT2D eigenvalue weighted by Crippen LogP contribution is -2.42. The van der Waals surface area contributed by atoms with Gasteiger partial charge >= 0.3 is 6.03 Å². The Hall–Kier alpha value is -1.06. The minimum absolute atomic E-state index is 0.0606. The average molecular weight is 196 g/mol. The van der Waals surface area contributed by atoms with Gasteiger partial charge in [-0.1, -0.05) is 6.92 Å². The number of nitrogens with one attached hydrogen (secondary N) is 1. The highest BCUT2D eigenvalue weighted by atomic mass is 16.2. The van der Waals surface area contributed by atoms with Crippen LogP contribution in [-0.4, -0.2) is 29.4 Å². The van der Waals surface area contributed by atoms with Gasteiger partial charge in [0.25, 0.3) is 0 Å². The van der Waals surface area contributed by atoms with E-state index in [4.69, 9.17) is 0 Å². The first-order chi connectivity index (χ1) is 6.68. The zero-order chi connectivity index (χ0) is 10.1. The summed E-state index contributed by atoms with van der Waals surface area (Å²) in [4.78, 5) is 24.2. The van der Waals surface area contributed by atoms with Crippen LogP contribution in [0.15, 0.2) is 0 Å². The maximum absolute atomic E-state index is 11.4. The van der Waals surface area contributed by atoms with Gasteiger partial charge < -0.3 is 5.32 Å². The normalized spacial score (nSPS) is 33.4. The molecule has 0 unspecified atom stereocenters. The Bertz CT molecular complexity index is 241. The fourth-order valence-corrected chi connectivity index (χ4v) is 2.30. The first-order valence-corrected chi connectivity index (χ1v) is 5.28. The Morgan fingerprint density at radius 3 is 2.36 bits per heavy atom. The number of urea groups is 1. The number of hydrogen-bond donors (Lipinski definition) is 1. The topological polar surface area (TPSA) is 49.4 Å². The molecule has 14 heavy (non-hydrogen) atoms. The third-order valence-electron chi connectivity index (χ3n) is 3.23. The Morgan fingerprint density at radius 1 is 1.21 bits per heavy atom. The summed E-state index contributed by atoms with van der Waals surface area (Å²) in [6, 6.07) is -0.0456. The van der Waals surface area contributed by atoms with Gasteiger partial charge in [-0.3, -0.25) is 9.69 Å². The van der Waals surface area contributed by atoms with Gasteiger partial charge in [-0.15, -0.1) is 0 Å². The lowest BCUT2D eigenvalue weighted by atomic mass is 9.87. The Kier molecular flexibility index (Phi) is 2.44. The van der Waals surface area contributed by atoms with E-state index in [-0.39, 0.29) is 24.5 Å². The molecule has 1 N–H and O–H groups in total. The van der Waals surface area contributed by atoms with Crippen molar-refractivity contribution in [1.82, 2.24) is 10.2 Å². The molecule has 2 rings (SSSR count). The van der Waals surface area contributed by atoms with Gasteiger partial charge in [0.1, 0.15) is 0 Å². The number of amides is 3. The fourth-order valence-electron chi connectivity index (χ4n) is 2.30. The van der Waals surface area contributed by atoms with Crippen molar-refractivity contribution in [3.63, 3.8) is 0 Å². The molecule has 1 aliphatic carbocycles. The van der Waals surface area contributed by atoms with Crippen LogP contribution in [0.4, 0.5) is 4.79 Å². The molecule has 1 saturated carbocycles. The second kappa shape index (κ2) is 3.59. The molecular weight excluding hydrogens is 180 g/mol. The van der Waals surface area contributed by atoms with Crippen molar-refractivity contribution < 1.29 is 9.59 Å². The SMILES string of the molecule is CC1CCC(N2C(=O)CNC2=O)CC1. The summed E-state index contributed by atoms with van der Waals surface area (Å²) >= 11 is 0. The molecule has 0 aromatic carbocycles. The largest absolute Gasteiger partial charge is 0.329 e. The monoisotopic (exact) mass is 196 g/mol. The van der Waals surface area contributed by atoms with Gasteiger partial charge in [-0.05, 0) is 31.6 Å². The van der Waals surface area contributed by atoms with Crippen LogP contribution < -0.4 is 5.32 Å². The zero-order valence-electron chi connectivity index (χ0n) is 8.45. The highest BCUT2D eigenvalue weighted by molar-refractivity contribution is 6.02. The summed E-state index contributed by atoms with van der Waals surface area (Å²) in [5.74, 6) is 0.682. The average Bonchev–Trinajstić information content (AvgIpc) is 2.49. The summed E-state index contributed by atoms with van der Waals surface area (Å²) in [5, 5.41) is 2.57. The summed E-state index contributed by atoms with van der Waals surface area (Å²) < 4.78 is 0. The molecule has 78 valence electrons. The maximum atomic E-state index is 11.4. The first-order valence-electron chi connectivity index (χ1n) is 5.28. The van der Waals surface area contributed by atoms with E-state index in [0.29, 0.717) is 0 Å². The zero-order valence-corrected chi connectivity index (χ0v) is 8.45. The highest BCUT2D eigenvalue weighted by Gasteiger charge is 2.36. The molecule has 4 nitrogen and oxygen atoms in total. The Balaban J connectivity index is 2.00. The maximum Gasteiger partial charge on any atom is 0.324 e. The summed E-state index contributed by atoms with van der Waals surface area (Å²) in [7, 11) is 0. The lowest BCUT2D eigenvalue weighted by Gasteiger charge is -2.31. The standard InChI is InChI=1S/C10H16N2O2/c1-7-2-4-8(5-3-7)12-9(13)6-11-10(12)14/h7-8H,2-6H2,1H3,(H,11,14). The molecule has 1 aliphatic heterocycles. The predicted molar refractivity (Wildman–Crippen MR) is 51.7 cm³/mol. The predicted octanol–water partition coefficient (Wildman–Crippen LogP) is 1.12. The van der Waals surface area contributed by atoms with Gasteiger partial charge in [0.05, 0.1) is 6.54 Å². The van der Waals surface area contributed by atoms with Crippen LogP contribution in [0.25, 0.3) is 0 Å². The first kappa shape index (κ1) is 9.49. The number of rotatable bonds is 1. The molecule has 1 heterocycles. The fraction of sp³-hybridized carbons (Fsp3) is 0.800. The summed E-state index contributed by atoms with van der Waals surface area (Å²) in [6.45, 7) is 2.41. The van der Waals surface area contributed by atoms with Gasteiger partial charge in [0, 0.05) is 6.04 Å². The highest BCUT2D eigenvalue weighted by Crippen LogP contribution is 2.27. The van der Waals surface area contributed by atoms with Crippen molar-refractivity contribution >= 4 is 11.9 Å². The molecule has 3 amide bonds. The van der Waals surface area contributed by atoms with Gasteiger partial charge in [-0.25, -0.2) is 4.79 Å². The Morgan fingerprint density at radius 2 is 1.86 bits per heavy atom. The third-order valence-corrected chi connectivity index (χ3v) is 3.23. The number of carbonyl (C=O) groups is 2. The molecule has 2 fully saturated rings. The van der Waals surface area contributed by atoms with Crippen LogP contribution in [0.1, 0.15) is 32.6 Å². The van der Waals surface area contributed by atoms with E-state index >= 15 is 0 Å². The quantitative estimate of drug-likeness (QED) is 0.639. The molecular formula is C10H16N2O2. The molecule has 0 radical (unpaired) electrons. The molecule has 0 aromatic heterocycles. The van der Waals surface area contributed by atoms with Crippen molar-refractivity contribution in [3.05, 3.63) is 0 Å². The van der Waals surface area contributed by atoms with E-state index in [1.54, 1.807) is 0 Å². The van der Waals surface area contributed by atoms with E-state index in [9.17, 15) is 9.59 Å². The van der Waals surface area contributed by atoms with E-state index in [0.717, 1.165) is 31.6 Å². The van der Waals surface area contributed by atoms with Crippen molar-refractivity contribution in [1.29, 1.82) is 0 Å². The van der Waals surface area contributed by atoms with Gasteiger partial charge in [-0.2, -0.15) is 0 Å². The van der Waals surface area contributed by atoms with Crippen molar-refractivity contribution in [3.8, 4) is 0 Å². The van der Waals surface area contributed by atoms with E-state index in [1.165, 1.54) is 4.90 Å². The van der Waals surface area contributed by atoms with E-state index in [2.05, 4.69) is 12.2 Å². The molecule has 1 saturated heterocycles. The number of imide groups is 1. The molecule has 4 heteroatoms. The van der Waals surface area contributed by atoms with Gasteiger partial charge in [0.15, 0.2) is 0 Å². The minimum Gasteiger partial charge on any atom is -0.329 e. The second-order valence-corrected chi connectivity index (χ2v) is 4.34. The number of nitrogens with zero attached hydrogens (tertiary/aromatic N) is 1. The molecule has 0 aromatic rings. The number of carbonyl (C=O) groups excluding carboxylic acids is 2. The van der Waals surface area contributed by atoms with Crippen molar-refractivity contribution in [2.24, 2.45) is 5.92 Å². The third kappa shape index (κ3) is 1.61. The summed E-state index contributed by atoms with van der Waals surface area (Å²) in [5.41, 5.74) is 0. The van der Waals surface area contributed by atoms with Crippen LogP contribution in [0.3, 0.4) is 0 Å². The summed E-state index contributed by atoms with van der Waals surface area (Å²) in [6.07, 6.45) is 4.20. The molecule has 0 spiro atoms. The second-order valence-electron chi connectivity index (χ2n) is 4.34. The number of hydrogen-bond acceptors (Lipinski definition) is 2. The van der Waals surface area contributed by atoms with Gasteiger partial charge in [0.2, 0.25) is 5.91 Å². The van der Waals surface area contributed by atoms with Crippen LogP contribution in [-0.2, 0) is 4.79 Å². The van der Waals surface area contributed by atoms with Crippen molar-refractivity contribution in [2.75, 3.05) is 6.54 Å². The van der Waals surface area contributed by atoms with E-state index in [1.807, 2.05) is 0 Å². The molecule has 0 bridgehead atoms. The van der Waals surface area contributed by atoms with Crippen LogP contribution in [0.5, 0.6) is 0 Å². The Labute approximate surface area is 83.6 Å². The van der Waals surface area contributed by atoms with E-state index < -0.39 is 0 Å². The minimum atomic E-state index is -0.199. The lowest BCUT2D eigenvalue weighted by molar-refractivity contribution is -0.127. The smallest absolute Gasteiger partial charge is 0.324 e. The van der Waals surface area contributed by atoms with Crippen LogP contribution in [0, 0.1) is 5.92 Å². The molecule has 0 atom stereocenters. The van der Waals surface area contributed by atoms with Crippen molar-refractivity contribution in [2.45, 2.75) is 38.6 Å². The van der Waals surface area contributed by atoms with Crippen LogP contribution in [0.2, 0.25) is 0 Å². The van der Waals surface area contributed by atoms with Crippen LogP contribution >= 0.6 is 0 Å². The molecule has 2 aliphatic rings.